The molecule has 2 aliphatic rings. The molecule has 1 aromatic carbocycles. The molecule has 1 aromatic heterocycles. The largest absolute Gasteiger partial charge is 0.467 e. The predicted molar refractivity (Wildman–Crippen MR) is 107 cm³/mol. The number of nitrogens with zero attached hydrogens (tertiary/aromatic N) is 2. The number of rotatable bonds is 6. The molecule has 1 unspecified atom stereocenters. The van der Waals surface area contributed by atoms with Crippen LogP contribution >= 0.6 is 0 Å². The zero-order valence-corrected chi connectivity index (χ0v) is 17.1. The average Bonchev–Trinajstić information content (AvgIpc) is 3.39. The highest BCUT2D eigenvalue weighted by Gasteiger charge is 2.35. The molecular formula is C20H23N3O6S. The number of furan rings is 1. The summed E-state index contributed by atoms with van der Waals surface area (Å²) >= 11 is 0. The number of ether oxygens (including phenoxy) is 1. The van der Waals surface area contributed by atoms with E-state index in [2.05, 4.69) is 5.32 Å². The topological polar surface area (TPSA) is 109 Å². The van der Waals surface area contributed by atoms with E-state index in [9.17, 15) is 18.0 Å². The van der Waals surface area contributed by atoms with Crippen molar-refractivity contribution in [1.82, 2.24) is 9.21 Å². The zero-order chi connectivity index (χ0) is 21.1. The molecule has 160 valence electrons. The van der Waals surface area contributed by atoms with Crippen LogP contribution in [0.25, 0.3) is 0 Å². The minimum absolute atomic E-state index is 0.109. The van der Waals surface area contributed by atoms with Gasteiger partial charge in [-0.25, -0.2) is 8.42 Å². The molecule has 2 aromatic rings. The molecule has 2 amide bonds. The van der Waals surface area contributed by atoms with Crippen molar-refractivity contribution < 1.29 is 27.2 Å². The second-order valence-corrected chi connectivity index (χ2v) is 9.23. The van der Waals surface area contributed by atoms with Crippen LogP contribution in [0.2, 0.25) is 0 Å². The van der Waals surface area contributed by atoms with Crippen LogP contribution in [0.3, 0.4) is 0 Å². The van der Waals surface area contributed by atoms with Crippen LogP contribution in [0.1, 0.15) is 12.2 Å². The summed E-state index contributed by atoms with van der Waals surface area (Å²) in [6, 6.07) is 9.70. The van der Waals surface area contributed by atoms with E-state index in [4.69, 9.17) is 9.15 Å². The van der Waals surface area contributed by atoms with Gasteiger partial charge in [0.2, 0.25) is 21.8 Å². The van der Waals surface area contributed by atoms with E-state index in [-0.39, 0.29) is 29.7 Å². The second kappa shape index (κ2) is 8.58. The molecule has 10 heteroatoms. The van der Waals surface area contributed by atoms with Gasteiger partial charge in [0, 0.05) is 31.7 Å². The first kappa shape index (κ1) is 20.6. The van der Waals surface area contributed by atoms with Gasteiger partial charge in [-0.05, 0) is 30.3 Å². The Bertz CT molecular complexity index is 1010. The highest BCUT2D eigenvalue weighted by atomic mass is 32.2. The van der Waals surface area contributed by atoms with Gasteiger partial charge < -0.3 is 19.4 Å². The van der Waals surface area contributed by atoms with Gasteiger partial charge in [0.25, 0.3) is 0 Å². The molecule has 0 radical (unpaired) electrons. The predicted octanol–water partition coefficient (Wildman–Crippen LogP) is 1.29. The van der Waals surface area contributed by atoms with E-state index in [1.165, 1.54) is 22.7 Å². The van der Waals surface area contributed by atoms with Crippen molar-refractivity contribution in [2.45, 2.75) is 17.9 Å². The van der Waals surface area contributed by atoms with Gasteiger partial charge in [0.15, 0.2) is 0 Å². The number of sulfonamides is 1. The van der Waals surface area contributed by atoms with Crippen molar-refractivity contribution in [3.8, 4) is 0 Å². The number of carbonyl (C=O) groups excluding carboxylic acids is 2. The van der Waals surface area contributed by atoms with E-state index in [0.717, 1.165) is 0 Å². The summed E-state index contributed by atoms with van der Waals surface area (Å²) in [7, 11) is -3.66. The van der Waals surface area contributed by atoms with Gasteiger partial charge >= 0.3 is 0 Å². The minimum atomic E-state index is -3.66. The highest BCUT2D eigenvalue weighted by molar-refractivity contribution is 7.89. The molecule has 0 aliphatic carbocycles. The Kier molecular flexibility index (Phi) is 5.89. The number of carbonyl (C=O) groups is 2. The standard InChI is InChI=1S/C20H23N3O6S/c24-19-11-15(13-22(19)14-17-4-2-8-29-17)20(25)21-16-3-1-5-18(12-16)30(26,27)23-6-9-28-10-7-23/h1-5,8,12,15H,6-7,9-11,13-14H2,(H,21,25). The van der Waals surface area contributed by atoms with E-state index in [1.54, 1.807) is 29.2 Å². The molecule has 2 aliphatic heterocycles. The lowest BCUT2D eigenvalue weighted by Gasteiger charge is -2.26. The second-order valence-electron chi connectivity index (χ2n) is 7.29. The van der Waals surface area contributed by atoms with Crippen molar-refractivity contribution in [1.29, 1.82) is 0 Å². The molecule has 30 heavy (non-hydrogen) atoms. The van der Waals surface area contributed by atoms with Crippen molar-refractivity contribution in [2.24, 2.45) is 5.92 Å². The fraction of sp³-hybridized carbons (Fsp3) is 0.400. The lowest BCUT2D eigenvalue weighted by molar-refractivity contribution is -0.128. The van der Waals surface area contributed by atoms with Gasteiger partial charge in [-0.3, -0.25) is 9.59 Å². The summed E-state index contributed by atoms with van der Waals surface area (Å²) in [6.45, 7) is 1.93. The van der Waals surface area contributed by atoms with Gasteiger partial charge in [-0.15, -0.1) is 0 Å². The molecule has 1 atom stereocenters. The molecule has 0 spiro atoms. The first-order chi connectivity index (χ1) is 14.4. The third kappa shape index (κ3) is 4.40. The molecule has 1 N–H and O–H groups in total. The molecule has 0 bridgehead atoms. The summed E-state index contributed by atoms with van der Waals surface area (Å²) in [6.07, 6.45) is 1.65. The van der Waals surface area contributed by atoms with Gasteiger partial charge in [0.1, 0.15) is 5.76 Å². The zero-order valence-electron chi connectivity index (χ0n) is 16.3. The van der Waals surface area contributed by atoms with Crippen molar-refractivity contribution in [3.63, 3.8) is 0 Å². The van der Waals surface area contributed by atoms with Crippen LogP contribution < -0.4 is 5.32 Å². The van der Waals surface area contributed by atoms with Crippen LogP contribution in [0.4, 0.5) is 5.69 Å². The Morgan fingerprint density at radius 2 is 1.97 bits per heavy atom. The van der Waals surface area contributed by atoms with Gasteiger partial charge in [-0.2, -0.15) is 4.31 Å². The Hall–Kier alpha value is -2.69. The normalized spacial score (nSPS) is 20.5. The van der Waals surface area contributed by atoms with Crippen LogP contribution in [0, 0.1) is 5.92 Å². The van der Waals surface area contributed by atoms with Crippen LogP contribution in [-0.4, -0.2) is 62.3 Å². The van der Waals surface area contributed by atoms with Crippen LogP contribution in [0.5, 0.6) is 0 Å². The SMILES string of the molecule is O=C(Nc1cccc(S(=O)(=O)N2CCOCC2)c1)C1CC(=O)N(Cc2ccco2)C1. The molecule has 4 rings (SSSR count). The third-order valence-electron chi connectivity index (χ3n) is 5.22. The number of anilines is 1. The quantitative estimate of drug-likeness (QED) is 0.735. The van der Waals surface area contributed by atoms with Crippen molar-refractivity contribution in [2.75, 3.05) is 38.2 Å². The molecular weight excluding hydrogens is 410 g/mol. The average molecular weight is 433 g/mol. The van der Waals surface area contributed by atoms with Gasteiger partial charge in [-0.1, -0.05) is 6.07 Å². The Balaban J connectivity index is 1.41. The van der Waals surface area contributed by atoms with Gasteiger partial charge in [0.05, 0.1) is 36.8 Å². The van der Waals surface area contributed by atoms with Crippen molar-refractivity contribution >= 4 is 27.5 Å². The number of likely N-dealkylation sites (tertiary alicyclic amines) is 1. The lowest BCUT2D eigenvalue weighted by atomic mass is 10.1. The van der Waals surface area contributed by atoms with Crippen LogP contribution in [0.15, 0.2) is 52.0 Å². The van der Waals surface area contributed by atoms with E-state index >= 15 is 0 Å². The third-order valence-corrected chi connectivity index (χ3v) is 7.12. The Morgan fingerprint density at radius 1 is 1.17 bits per heavy atom. The summed E-state index contributed by atoms with van der Waals surface area (Å²) in [5, 5.41) is 2.75. The number of hydrogen-bond acceptors (Lipinski definition) is 6. The maximum atomic E-state index is 12.8. The summed E-state index contributed by atoms with van der Waals surface area (Å²) < 4.78 is 37.5. The Labute approximate surface area is 174 Å². The van der Waals surface area contributed by atoms with E-state index in [0.29, 0.717) is 44.3 Å². The molecule has 2 saturated heterocycles. The molecule has 0 saturated carbocycles. The number of nitrogens with one attached hydrogen (secondary N) is 1. The van der Waals surface area contributed by atoms with Crippen LogP contribution in [-0.2, 0) is 30.9 Å². The number of hydrogen-bond donors (Lipinski definition) is 1. The smallest absolute Gasteiger partial charge is 0.243 e. The highest BCUT2D eigenvalue weighted by Crippen LogP contribution is 2.24. The number of benzene rings is 1. The number of amides is 2. The van der Waals surface area contributed by atoms with Crippen molar-refractivity contribution in [3.05, 3.63) is 48.4 Å². The van der Waals surface area contributed by atoms with E-state index < -0.39 is 15.9 Å². The molecule has 3 heterocycles. The maximum absolute atomic E-state index is 12.8. The fourth-order valence-electron chi connectivity index (χ4n) is 3.61. The first-order valence-corrected chi connectivity index (χ1v) is 11.2. The molecule has 2 fully saturated rings. The molecule has 9 nitrogen and oxygen atoms in total. The fourth-order valence-corrected chi connectivity index (χ4v) is 5.06. The van der Waals surface area contributed by atoms with E-state index in [1.807, 2.05) is 0 Å². The summed E-state index contributed by atoms with van der Waals surface area (Å²) in [5.41, 5.74) is 0.381. The minimum Gasteiger partial charge on any atom is -0.467 e. The monoisotopic (exact) mass is 433 g/mol. The summed E-state index contributed by atoms with van der Waals surface area (Å²) in [4.78, 5) is 26.6. The maximum Gasteiger partial charge on any atom is 0.243 e. The first-order valence-electron chi connectivity index (χ1n) is 9.72. The number of morpholine rings is 1. The lowest BCUT2D eigenvalue weighted by Crippen LogP contribution is -2.40. The Morgan fingerprint density at radius 3 is 2.70 bits per heavy atom. The summed E-state index contributed by atoms with van der Waals surface area (Å²) in [5.74, 6) is -0.279.